The molecule has 80 valence electrons. The van der Waals surface area contributed by atoms with Crippen LogP contribution in [0.15, 0.2) is 24.3 Å². The molecule has 1 unspecified atom stereocenters. The molecule has 1 aliphatic heterocycles. The maximum absolute atomic E-state index is 11.2. The summed E-state index contributed by atoms with van der Waals surface area (Å²) in [7, 11) is 0. The van der Waals surface area contributed by atoms with Gasteiger partial charge < -0.3 is 10.6 Å². The number of carbonyl (C=O) groups is 1. The third kappa shape index (κ3) is 2.30. The van der Waals surface area contributed by atoms with Crippen LogP contribution in [0.2, 0.25) is 5.02 Å². The Kier molecular flexibility index (Phi) is 2.93. The lowest BCUT2D eigenvalue weighted by molar-refractivity contribution is -0.142. The number of nitrogens with zero attached hydrogens (tertiary/aromatic N) is 1. The summed E-state index contributed by atoms with van der Waals surface area (Å²) >= 11 is 5.77. The predicted molar refractivity (Wildman–Crippen MR) is 59.7 cm³/mol. The molecule has 2 rings (SSSR count). The van der Waals surface area contributed by atoms with Gasteiger partial charge in [-0.05, 0) is 24.1 Å². The second-order valence-electron chi connectivity index (χ2n) is 3.77. The van der Waals surface area contributed by atoms with Crippen LogP contribution in [0, 0.1) is 0 Å². The number of hydrogen-bond acceptors (Lipinski definition) is 2. The molecule has 2 N–H and O–H groups in total. The molecule has 0 aliphatic carbocycles. The average Bonchev–Trinajstić information content (AvgIpc) is 2.26. The molecular formula is C11H13ClN2O. The molecule has 4 heteroatoms. The lowest BCUT2D eigenvalue weighted by atomic mass is 10.1. The number of likely N-dealkylation sites (tertiary alicyclic amines) is 1. The quantitative estimate of drug-likeness (QED) is 0.781. The molecule has 1 fully saturated rings. The number of benzene rings is 1. The Morgan fingerprint density at radius 1 is 1.40 bits per heavy atom. The highest BCUT2D eigenvalue weighted by Gasteiger charge is 2.32. The summed E-state index contributed by atoms with van der Waals surface area (Å²) in [6.07, 6.45) is 0.857. The van der Waals surface area contributed by atoms with Gasteiger partial charge in [-0.2, -0.15) is 0 Å². The largest absolute Gasteiger partial charge is 0.339 e. The SMILES string of the molecule is NC1CN(CCc2ccc(Cl)cc2)C1=O. The van der Waals surface area contributed by atoms with Crippen LogP contribution in [-0.2, 0) is 11.2 Å². The number of amides is 1. The van der Waals surface area contributed by atoms with Crippen molar-refractivity contribution in [2.75, 3.05) is 13.1 Å². The molecule has 15 heavy (non-hydrogen) atoms. The number of nitrogens with two attached hydrogens (primary N) is 1. The maximum Gasteiger partial charge on any atom is 0.241 e. The van der Waals surface area contributed by atoms with Gasteiger partial charge in [0.1, 0.15) is 6.04 Å². The summed E-state index contributed by atoms with van der Waals surface area (Å²) in [5.41, 5.74) is 6.68. The van der Waals surface area contributed by atoms with Crippen molar-refractivity contribution in [2.24, 2.45) is 5.73 Å². The number of hydrogen-bond donors (Lipinski definition) is 1. The number of β-lactam (4-membered cyclic amide) rings is 1. The van der Waals surface area contributed by atoms with Crippen LogP contribution in [-0.4, -0.2) is 29.9 Å². The molecule has 1 amide bonds. The van der Waals surface area contributed by atoms with Crippen molar-refractivity contribution >= 4 is 17.5 Å². The lowest BCUT2D eigenvalue weighted by Gasteiger charge is -2.36. The van der Waals surface area contributed by atoms with Gasteiger partial charge in [0.15, 0.2) is 0 Å². The van der Waals surface area contributed by atoms with Crippen LogP contribution < -0.4 is 5.73 Å². The molecule has 0 radical (unpaired) electrons. The van der Waals surface area contributed by atoms with E-state index in [9.17, 15) is 4.79 Å². The molecule has 1 aliphatic rings. The minimum absolute atomic E-state index is 0.0592. The van der Waals surface area contributed by atoms with E-state index >= 15 is 0 Å². The second-order valence-corrected chi connectivity index (χ2v) is 4.20. The molecule has 1 saturated heterocycles. The lowest BCUT2D eigenvalue weighted by Crippen LogP contribution is -2.61. The average molecular weight is 225 g/mol. The monoisotopic (exact) mass is 224 g/mol. The Balaban J connectivity index is 1.84. The first-order valence-electron chi connectivity index (χ1n) is 4.95. The van der Waals surface area contributed by atoms with E-state index in [0.29, 0.717) is 6.54 Å². The molecule has 3 nitrogen and oxygen atoms in total. The Hall–Kier alpha value is -1.06. The number of rotatable bonds is 3. The fourth-order valence-corrected chi connectivity index (χ4v) is 1.77. The summed E-state index contributed by atoms with van der Waals surface area (Å²) < 4.78 is 0. The van der Waals surface area contributed by atoms with Crippen LogP contribution in [0.1, 0.15) is 5.56 Å². The molecule has 1 aromatic rings. The van der Waals surface area contributed by atoms with Crippen LogP contribution in [0.25, 0.3) is 0 Å². The van der Waals surface area contributed by atoms with Crippen LogP contribution in [0.3, 0.4) is 0 Å². The fourth-order valence-electron chi connectivity index (χ4n) is 1.64. The molecule has 0 saturated carbocycles. The summed E-state index contributed by atoms with van der Waals surface area (Å²) in [5.74, 6) is 0.0592. The van der Waals surface area contributed by atoms with E-state index in [2.05, 4.69) is 0 Å². The molecule has 0 spiro atoms. The molecule has 1 heterocycles. The summed E-state index contributed by atoms with van der Waals surface area (Å²) in [6, 6.07) is 7.41. The summed E-state index contributed by atoms with van der Waals surface area (Å²) in [6.45, 7) is 1.43. The van der Waals surface area contributed by atoms with Crippen molar-refractivity contribution in [1.29, 1.82) is 0 Å². The van der Waals surface area contributed by atoms with Gasteiger partial charge in [-0.15, -0.1) is 0 Å². The van der Waals surface area contributed by atoms with Gasteiger partial charge in [0.05, 0.1) is 0 Å². The first-order chi connectivity index (χ1) is 7.16. The van der Waals surface area contributed by atoms with Gasteiger partial charge in [0, 0.05) is 18.1 Å². The summed E-state index contributed by atoms with van der Waals surface area (Å²) in [5, 5.41) is 0.737. The smallest absolute Gasteiger partial charge is 0.241 e. The predicted octanol–water partition coefficient (Wildman–Crippen LogP) is 1.05. The van der Waals surface area contributed by atoms with Crippen molar-refractivity contribution < 1.29 is 4.79 Å². The molecule has 1 aromatic carbocycles. The van der Waals surface area contributed by atoms with Crippen LogP contribution in [0.5, 0.6) is 0 Å². The van der Waals surface area contributed by atoms with E-state index in [1.165, 1.54) is 5.56 Å². The zero-order chi connectivity index (χ0) is 10.8. The van der Waals surface area contributed by atoms with Crippen LogP contribution in [0.4, 0.5) is 0 Å². The second kappa shape index (κ2) is 4.21. The minimum atomic E-state index is -0.268. The summed E-state index contributed by atoms with van der Waals surface area (Å²) in [4.78, 5) is 13.0. The Labute approximate surface area is 93.8 Å². The zero-order valence-corrected chi connectivity index (χ0v) is 9.07. The van der Waals surface area contributed by atoms with E-state index in [0.717, 1.165) is 18.0 Å². The molecular weight excluding hydrogens is 212 g/mol. The van der Waals surface area contributed by atoms with E-state index in [1.54, 1.807) is 4.90 Å². The zero-order valence-electron chi connectivity index (χ0n) is 8.32. The van der Waals surface area contributed by atoms with Crippen molar-refractivity contribution in [3.8, 4) is 0 Å². The Bertz CT molecular complexity index is 363. The van der Waals surface area contributed by atoms with E-state index in [1.807, 2.05) is 24.3 Å². The molecule has 0 bridgehead atoms. The Morgan fingerprint density at radius 2 is 2.07 bits per heavy atom. The van der Waals surface area contributed by atoms with Crippen LogP contribution >= 0.6 is 11.6 Å². The van der Waals surface area contributed by atoms with Gasteiger partial charge in [0.25, 0.3) is 0 Å². The maximum atomic E-state index is 11.2. The van der Waals surface area contributed by atoms with E-state index in [4.69, 9.17) is 17.3 Å². The normalized spacial score (nSPS) is 20.3. The topological polar surface area (TPSA) is 46.3 Å². The highest BCUT2D eigenvalue weighted by Crippen LogP contribution is 2.12. The van der Waals surface area contributed by atoms with Gasteiger partial charge in [-0.3, -0.25) is 4.79 Å². The fraction of sp³-hybridized carbons (Fsp3) is 0.364. The Morgan fingerprint density at radius 3 is 2.60 bits per heavy atom. The van der Waals surface area contributed by atoms with Crippen molar-refractivity contribution in [1.82, 2.24) is 4.90 Å². The number of carbonyl (C=O) groups excluding carboxylic acids is 1. The van der Waals surface area contributed by atoms with Gasteiger partial charge in [-0.1, -0.05) is 23.7 Å². The van der Waals surface area contributed by atoms with Crippen molar-refractivity contribution in [3.05, 3.63) is 34.9 Å². The van der Waals surface area contributed by atoms with Gasteiger partial charge in [0.2, 0.25) is 5.91 Å². The highest BCUT2D eigenvalue weighted by atomic mass is 35.5. The third-order valence-electron chi connectivity index (χ3n) is 2.63. The molecule has 0 aromatic heterocycles. The highest BCUT2D eigenvalue weighted by molar-refractivity contribution is 6.30. The van der Waals surface area contributed by atoms with Gasteiger partial charge in [-0.25, -0.2) is 0 Å². The van der Waals surface area contributed by atoms with E-state index < -0.39 is 0 Å². The first-order valence-corrected chi connectivity index (χ1v) is 5.33. The van der Waals surface area contributed by atoms with Gasteiger partial charge >= 0.3 is 0 Å². The van der Waals surface area contributed by atoms with Crippen molar-refractivity contribution in [3.63, 3.8) is 0 Å². The minimum Gasteiger partial charge on any atom is -0.339 e. The third-order valence-corrected chi connectivity index (χ3v) is 2.88. The first kappa shape index (κ1) is 10.5. The van der Waals surface area contributed by atoms with Crippen molar-refractivity contribution in [2.45, 2.75) is 12.5 Å². The van der Waals surface area contributed by atoms with E-state index in [-0.39, 0.29) is 11.9 Å². The molecule has 1 atom stereocenters. The standard InChI is InChI=1S/C11H13ClN2O/c12-9-3-1-8(2-4-9)5-6-14-7-10(13)11(14)15/h1-4,10H,5-7,13H2. The number of halogens is 1.